The minimum absolute atomic E-state index is 0. The van der Waals surface area contributed by atoms with Crippen LogP contribution in [0.2, 0.25) is 0 Å². The Balaban J connectivity index is 0.000000189. The van der Waals surface area contributed by atoms with Gasteiger partial charge in [0.2, 0.25) is 5.76 Å². The average Bonchev–Trinajstić information content (AvgIpc) is 3.24. The highest BCUT2D eigenvalue weighted by atomic mass is 16.5. The predicted molar refractivity (Wildman–Crippen MR) is 99.6 cm³/mol. The molecule has 0 bridgehead atoms. The van der Waals surface area contributed by atoms with Crippen molar-refractivity contribution in [2.24, 2.45) is 5.73 Å². The van der Waals surface area contributed by atoms with E-state index in [1.165, 1.54) is 25.3 Å². The van der Waals surface area contributed by atoms with Crippen molar-refractivity contribution >= 4 is 5.91 Å². The molecule has 0 radical (unpaired) electrons. The maximum Gasteiger partial charge on any atom is 0.287 e. The Bertz CT molecular complexity index is 856. The van der Waals surface area contributed by atoms with E-state index in [0.717, 1.165) is 11.3 Å². The lowest BCUT2D eigenvalue weighted by molar-refractivity contribution is 0.0965. The van der Waals surface area contributed by atoms with Crippen LogP contribution in [0, 0.1) is 0 Å². The monoisotopic (exact) mass is 355 g/mol. The zero-order chi connectivity index (χ0) is 18.5. The van der Waals surface area contributed by atoms with Crippen molar-refractivity contribution in [2.75, 3.05) is 0 Å². The van der Waals surface area contributed by atoms with Gasteiger partial charge in [-0.1, -0.05) is 54.5 Å². The van der Waals surface area contributed by atoms with Crippen molar-refractivity contribution in [1.29, 1.82) is 0 Å². The van der Waals surface area contributed by atoms with Gasteiger partial charge in [0.1, 0.15) is 5.69 Å². The zero-order valence-electron chi connectivity index (χ0n) is 15.0. The predicted octanol–water partition coefficient (Wildman–Crippen LogP) is 3.81. The van der Waals surface area contributed by atoms with Crippen molar-refractivity contribution in [2.45, 2.75) is 45.1 Å². The van der Waals surface area contributed by atoms with Gasteiger partial charge < -0.3 is 10.3 Å². The van der Waals surface area contributed by atoms with Crippen LogP contribution in [-0.2, 0) is 0 Å². The van der Waals surface area contributed by atoms with Crippen molar-refractivity contribution < 1.29 is 10.7 Å². The maximum absolute atomic E-state index is 10.7. The molecule has 2 aromatic heterocycles. The van der Waals surface area contributed by atoms with Gasteiger partial charge in [-0.15, -0.1) is 5.10 Å². The molecule has 0 unspecified atom stereocenters. The lowest BCUT2D eigenvalue weighted by Crippen LogP contribution is -2.17. The number of nitrogens with zero attached hydrogens (tertiary/aromatic N) is 4. The molecule has 1 saturated carbocycles. The molecule has 7 nitrogen and oxygen atoms in total. The van der Waals surface area contributed by atoms with E-state index in [1.807, 2.05) is 35.0 Å². The first-order chi connectivity index (χ1) is 12.5. The molecular weight excluding hydrogens is 330 g/mol. The van der Waals surface area contributed by atoms with E-state index in [1.54, 1.807) is 0 Å². The van der Waals surface area contributed by atoms with Crippen LogP contribution >= 0.6 is 0 Å². The second-order valence-electron chi connectivity index (χ2n) is 6.67. The Morgan fingerprint density at radius 3 is 2.54 bits per heavy atom. The minimum atomic E-state index is -0.611. The number of amides is 1. The number of hydrogen-bond donors (Lipinski definition) is 1. The molecule has 3 aromatic rings. The standard InChI is InChI=1S/C10H8N2O2.C9H15N3.H2/c11-10(13)9-6-8(12-14-9)7-4-2-1-3-5-7;1-7(2)9-6-12(11-10-9)8-4-3-5-8;/h1-6H,(H2,11,13);6-8H,3-5H2,1-2H3;1H. The van der Waals surface area contributed by atoms with Gasteiger partial charge in [-0.2, -0.15) is 0 Å². The van der Waals surface area contributed by atoms with E-state index in [-0.39, 0.29) is 7.19 Å². The summed E-state index contributed by atoms with van der Waals surface area (Å²) in [4.78, 5) is 10.7. The highest BCUT2D eigenvalue weighted by Crippen LogP contribution is 2.30. The minimum Gasteiger partial charge on any atom is -0.363 e. The van der Waals surface area contributed by atoms with Gasteiger partial charge in [0.25, 0.3) is 5.91 Å². The van der Waals surface area contributed by atoms with Gasteiger partial charge in [0.15, 0.2) is 0 Å². The van der Waals surface area contributed by atoms with Gasteiger partial charge in [0, 0.05) is 19.3 Å². The summed E-state index contributed by atoms with van der Waals surface area (Å²) in [6.45, 7) is 4.30. The summed E-state index contributed by atoms with van der Waals surface area (Å²) in [7, 11) is 0. The number of carbonyl (C=O) groups is 1. The number of hydrogen-bond acceptors (Lipinski definition) is 5. The first-order valence-corrected chi connectivity index (χ1v) is 8.78. The largest absolute Gasteiger partial charge is 0.363 e. The van der Waals surface area contributed by atoms with E-state index in [4.69, 9.17) is 10.3 Å². The second-order valence-corrected chi connectivity index (χ2v) is 6.67. The molecule has 4 rings (SSSR count). The molecule has 1 amide bonds. The third-order valence-corrected chi connectivity index (χ3v) is 4.39. The van der Waals surface area contributed by atoms with Gasteiger partial charge in [-0.25, -0.2) is 4.68 Å². The third-order valence-electron chi connectivity index (χ3n) is 4.39. The molecule has 0 spiro atoms. The molecule has 0 aliphatic heterocycles. The Morgan fingerprint density at radius 2 is 2.04 bits per heavy atom. The van der Waals surface area contributed by atoms with Gasteiger partial charge in [0.05, 0.1) is 11.7 Å². The summed E-state index contributed by atoms with van der Waals surface area (Å²) in [6, 6.07) is 11.6. The second kappa shape index (κ2) is 7.95. The molecule has 26 heavy (non-hydrogen) atoms. The Morgan fingerprint density at radius 1 is 1.31 bits per heavy atom. The van der Waals surface area contributed by atoms with E-state index in [9.17, 15) is 4.79 Å². The smallest absolute Gasteiger partial charge is 0.287 e. The van der Waals surface area contributed by atoms with Crippen LogP contribution in [-0.4, -0.2) is 26.1 Å². The van der Waals surface area contributed by atoms with Crippen LogP contribution in [0.15, 0.2) is 47.1 Å². The number of carbonyl (C=O) groups excluding carboxylic acids is 1. The quantitative estimate of drug-likeness (QED) is 0.767. The van der Waals surface area contributed by atoms with E-state index in [2.05, 4.69) is 35.5 Å². The van der Waals surface area contributed by atoms with Crippen LogP contribution in [0.25, 0.3) is 11.3 Å². The first kappa shape index (κ1) is 17.8. The van der Waals surface area contributed by atoms with Crippen LogP contribution in [0.4, 0.5) is 0 Å². The Kier molecular flexibility index (Phi) is 5.46. The normalized spacial score (nSPS) is 13.8. The van der Waals surface area contributed by atoms with Crippen LogP contribution in [0.3, 0.4) is 0 Å². The lowest BCUT2D eigenvalue weighted by atomic mass is 9.93. The Hall–Kier alpha value is -2.96. The molecule has 1 aromatic carbocycles. The fraction of sp³-hybridized carbons (Fsp3) is 0.368. The topological polar surface area (TPSA) is 99.8 Å². The number of benzene rings is 1. The maximum atomic E-state index is 10.7. The molecule has 0 atom stereocenters. The summed E-state index contributed by atoms with van der Waals surface area (Å²) < 4.78 is 6.78. The Labute approximate surface area is 153 Å². The third kappa shape index (κ3) is 4.17. The molecule has 7 heteroatoms. The molecule has 138 valence electrons. The average molecular weight is 355 g/mol. The van der Waals surface area contributed by atoms with Crippen LogP contribution in [0.5, 0.6) is 0 Å². The van der Waals surface area contributed by atoms with E-state index < -0.39 is 5.91 Å². The van der Waals surface area contributed by atoms with Crippen molar-refractivity contribution in [3.63, 3.8) is 0 Å². The molecule has 2 N–H and O–H groups in total. The summed E-state index contributed by atoms with van der Waals surface area (Å²) in [5.41, 5.74) is 7.65. The summed E-state index contributed by atoms with van der Waals surface area (Å²) >= 11 is 0. The van der Waals surface area contributed by atoms with Gasteiger partial charge >= 0.3 is 0 Å². The molecule has 2 heterocycles. The number of aromatic nitrogens is 4. The van der Waals surface area contributed by atoms with Crippen LogP contribution in [0.1, 0.15) is 62.7 Å². The number of primary amides is 1. The van der Waals surface area contributed by atoms with E-state index >= 15 is 0 Å². The first-order valence-electron chi connectivity index (χ1n) is 8.78. The highest BCUT2D eigenvalue weighted by molar-refractivity contribution is 5.90. The molecule has 1 fully saturated rings. The van der Waals surface area contributed by atoms with Crippen molar-refractivity contribution in [3.8, 4) is 11.3 Å². The van der Waals surface area contributed by atoms with Gasteiger partial charge in [-0.3, -0.25) is 4.79 Å². The van der Waals surface area contributed by atoms with Gasteiger partial charge in [-0.05, 0) is 25.2 Å². The fourth-order valence-corrected chi connectivity index (χ4v) is 2.52. The van der Waals surface area contributed by atoms with E-state index in [0.29, 0.717) is 17.7 Å². The molecule has 0 saturated heterocycles. The fourth-order valence-electron chi connectivity index (χ4n) is 2.52. The number of rotatable bonds is 4. The van der Waals surface area contributed by atoms with Crippen molar-refractivity contribution in [3.05, 3.63) is 54.0 Å². The SMILES string of the molecule is CC(C)c1cn(C2CCC2)nn1.NC(=O)c1cc(-c2ccccc2)no1.[HH]. The summed E-state index contributed by atoms with van der Waals surface area (Å²) in [6.07, 6.45) is 6.00. The summed E-state index contributed by atoms with van der Waals surface area (Å²) in [5, 5.41) is 12.0. The zero-order valence-corrected chi connectivity index (χ0v) is 15.0. The molecule has 1 aliphatic rings. The lowest BCUT2D eigenvalue weighted by Gasteiger charge is -2.24. The highest BCUT2D eigenvalue weighted by Gasteiger charge is 2.20. The summed E-state index contributed by atoms with van der Waals surface area (Å²) in [5.74, 6) is -0.0395. The number of nitrogens with two attached hydrogens (primary N) is 1. The van der Waals surface area contributed by atoms with Crippen LogP contribution < -0.4 is 5.73 Å². The van der Waals surface area contributed by atoms with Crippen molar-refractivity contribution in [1.82, 2.24) is 20.2 Å². The molecular formula is C19H25N5O2. The molecule has 1 aliphatic carbocycles.